The molecular weight excluding hydrogens is 250 g/mol. The molecule has 3 rings (SSSR count). The minimum Gasteiger partial charge on any atom is -0.350 e. The molecule has 0 unspecified atom stereocenters. The molecule has 1 spiro atoms. The monoisotopic (exact) mass is 265 g/mol. The van der Waals surface area contributed by atoms with Crippen molar-refractivity contribution in [3.8, 4) is 0 Å². The molecule has 2 saturated heterocycles. The lowest BCUT2D eigenvalue weighted by Crippen LogP contribution is -2.45. The van der Waals surface area contributed by atoms with Crippen molar-refractivity contribution < 1.29 is 14.4 Å². The molecule has 102 valence electrons. The fourth-order valence-electron chi connectivity index (χ4n) is 2.62. The highest BCUT2D eigenvalue weighted by molar-refractivity contribution is 5.57. The summed E-state index contributed by atoms with van der Waals surface area (Å²) in [6.45, 7) is 2.56. The molecule has 2 aliphatic rings. The van der Waals surface area contributed by atoms with Crippen LogP contribution in [0.1, 0.15) is 12.8 Å². The first-order valence-corrected chi connectivity index (χ1v) is 6.32. The maximum atomic E-state index is 11.0. The van der Waals surface area contributed by atoms with Gasteiger partial charge in [0, 0.05) is 38.2 Å². The number of nitro groups is 1. The lowest BCUT2D eigenvalue weighted by molar-refractivity contribution is -0.384. The number of rotatable bonds is 2. The molecule has 1 aromatic rings. The molecule has 3 heterocycles. The van der Waals surface area contributed by atoms with Crippen LogP contribution in [-0.4, -0.2) is 42.0 Å². The molecule has 7 heteroatoms. The number of anilines is 1. The molecular formula is C12H15N3O4. The van der Waals surface area contributed by atoms with E-state index in [1.165, 1.54) is 6.07 Å². The number of nitrogens with zero attached hydrogens (tertiary/aromatic N) is 3. The number of pyridine rings is 1. The summed E-state index contributed by atoms with van der Waals surface area (Å²) >= 11 is 0. The molecule has 0 bridgehead atoms. The molecule has 1 aromatic heterocycles. The van der Waals surface area contributed by atoms with Crippen molar-refractivity contribution in [2.24, 2.45) is 0 Å². The quantitative estimate of drug-likeness (QED) is 0.593. The SMILES string of the molecule is O=[N+]([O-])c1cccnc1N1CCC2(CC1)OCCO2. The summed E-state index contributed by atoms with van der Waals surface area (Å²) < 4.78 is 11.3. The van der Waals surface area contributed by atoms with E-state index >= 15 is 0 Å². The summed E-state index contributed by atoms with van der Waals surface area (Å²) in [5.41, 5.74) is 0.0479. The summed E-state index contributed by atoms with van der Waals surface area (Å²) in [5, 5.41) is 11.0. The zero-order valence-electron chi connectivity index (χ0n) is 10.4. The Morgan fingerprint density at radius 2 is 2.00 bits per heavy atom. The minimum absolute atomic E-state index is 0.0479. The lowest BCUT2D eigenvalue weighted by Gasteiger charge is -2.37. The Bertz CT molecular complexity index is 478. The van der Waals surface area contributed by atoms with Crippen molar-refractivity contribution in [2.75, 3.05) is 31.2 Å². The van der Waals surface area contributed by atoms with Crippen LogP contribution in [0, 0.1) is 10.1 Å². The predicted octanol–water partition coefficient (Wildman–Crippen LogP) is 1.33. The summed E-state index contributed by atoms with van der Waals surface area (Å²) in [7, 11) is 0. The molecule has 0 saturated carbocycles. The van der Waals surface area contributed by atoms with Gasteiger partial charge in [0.1, 0.15) is 0 Å². The molecule has 0 aliphatic carbocycles. The molecule has 0 aromatic carbocycles. The highest BCUT2D eigenvalue weighted by atomic mass is 16.7. The molecule has 19 heavy (non-hydrogen) atoms. The number of piperidine rings is 1. The predicted molar refractivity (Wildman–Crippen MR) is 67.0 cm³/mol. The topological polar surface area (TPSA) is 77.7 Å². The second-order valence-electron chi connectivity index (χ2n) is 4.70. The highest BCUT2D eigenvalue weighted by Gasteiger charge is 2.40. The third-order valence-electron chi connectivity index (χ3n) is 3.60. The van der Waals surface area contributed by atoms with E-state index in [2.05, 4.69) is 4.98 Å². The van der Waals surface area contributed by atoms with E-state index in [1.807, 2.05) is 4.90 Å². The Morgan fingerprint density at radius 3 is 2.63 bits per heavy atom. The fraction of sp³-hybridized carbons (Fsp3) is 0.583. The van der Waals surface area contributed by atoms with Gasteiger partial charge in [0.05, 0.1) is 18.1 Å². The molecule has 0 radical (unpaired) electrons. The standard InChI is InChI=1S/C12H15N3O4/c16-15(17)10-2-1-5-13-11(10)14-6-3-12(4-7-14)18-8-9-19-12/h1-2,5H,3-4,6-9H2. The Kier molecular flexibility index (Phi) is 3.08. The number of hydrogen-bond acceptors (Lipinski definition) is 6. The van der Waals surface area contributed by atoms with Crippen LogP contribution < -0.4 is 4.90 Å². The van der Waals surface area contributed by atoms with E-state index in [1.54, 1.807) is 12.3 Å². The summed E-state index contributed by atoms with van der Waals surface area (Å²) in [4.78, 5) is 16.7. The van der Waals surface area contributed by atoms with Gasteiger partial charge in [-0.15, -0.1) is 0 Å². The Hall–Kier alpha value is -1.73. The zero-order chi connectivity index (χ0) is 13.3. The van der Waals surface area contributed by atoms with Crippen LogP contribution in [0.4, 0.5) is 11.5 Å². The van der Waals surface area contributed by atoms with E-state index < -0.39 is 10.7 Å². The average Bonchev–Trinajstić information content (AvgIpc) is 2.88. The van der Waals surface area contributed by atoms with Crippen molar-refractivity contribution in [1.82, 2.24) is 4.98 Å². The third kappa shape index (κ3) is 2.26. The van der Waals surface area contributed by atoms with E-state index in [0.717, 1.165) is 0 Å². The largest absolute Gasteiger partial charge is 0.350 e. The summed E-state index contributed by atoms with van der Waals surface area (Å²) in [6, 6.07) is 3.06. The van der Waals surface area contributed by atoms with Crippen LogP contribution in [0.2, 0.25) is 0 Å². The van der Waals surface area contributed by atoms with Gasteiger partial charge in [-0.3, -0.25) is 10.1 Å². The first-order chi connectivity index (χ1) is 9.20. The van der Waals surface area contributed by atoms with Crippen LogP contribution in [0.5, 0.6) is 0 Å². The van der Waals surface area contributed by atoms with Gasteiger partial charge in [0.25, 0.3) is 0 Å². The first-order valence-electron chi connectivity index (χ1n) is 6.32. The summed E-state index contributed by atoms with van der Waals surface area (Å²) in [5.74, 6) is -0.0413. The molecule has 2 aliphatic heterocycles. The van der Waals surface area contributed by atoms with Gasteiger partial charge in [-0.25, -0.2) is 4.98 Å². The molecule has 0 N–H and O–H groups in total. The third-order valence-corrected chi connectivity index (χ3v) is 3.60. The van der Waals surface area contributed by atoms with Crippen LogP contribution >= 0.6 is 0 Å². The second-order valence-corrected chi connectivity index (χ2v) is 4.70. The number of hydrogen-bond donors (Lipinski definition) is 0. The summed E-state index contributed by atoms with van der Waals surface area (Å²) in [6.07, 6.45) is 3.00. The average molecular weight is 265 g/mol. The molecule has 2 fully saturated rings. The minimum atomic E-state index is -0.472. The smallest absolute Gasteiger partial charge is 0.311 e. The van der Waals surface area contributed by atoms with Crippen LogP contribution in [-0.2, 0) is 9.47 Å². The van der Waals surface area contributed by atoms with Gasteiger partial charge < -0.3 is 14.4 Å². The van der Waals surface area contributed by atoms with Crippen molar-refractivity contribution in [2.45, 2.75) is 18.6 Å². The van der Waals surface area contributed by atoms with E-state index in [-0.39, 0.29) is 5.69 Å². The van der Waals surface area contributed by atoms with Gasteiger partial charge in [0.2, 0.25) is 5.82 Å². The van der Waals surface area contributed by atoms with Crippen LogP contribution in [0.25, 0.3) is 0 Å². The van der Waals surface area contributed by atoms with Gasteiger partial charge in [-0.2, -0.15) is 0 Å². The van der Waals surface area contributed by atoms with Crippen molar-refractivity contribution >= 4 is 11.5 Å². The van der Waals surface area contributed by atoms with Crippen molar-refractivity contribution in [3.05, 3.63) is 28.4 Å². The zero-order valence-corrected chi connectivity index (χ0v) is 10.4. The Morgan fingerprint density at radius 1 is 1.32 bits per heavy atom. The molecule has 7 nitrogen and oxygen atoms in total. The normalized spacial score (nSPS) is 21.8. The van der Waals surface area contributed by atoms with Crippen molar-refractivity contribution in [1.29, 1.82) is 0 Å². The van der Waals surface area contributed by atoms with Gasteiger partial charge in [-0.1, -0.05) is 0 Å². The second kappa shape index (κ2) is 4.75. The van der Waals surface area contributed by atoms with Gasteiger partial charge >= 0.3 is 5.69 Å². The van der Waals surface area contributed by atoms with E-state index in [9.17, 15) is 10.1 Å². The first kappa shape index (κ1) is 12.3. The van der Waals surface area contributed by atoms with Crippen molar-refractivity contribution in [3.63, 3.8) is 0 Å². The Labute approximate surface area is 110 Å². The van der Waals surface area contributed by atoms with Crippen LogP contribution in [0.15, 0.2) is 18.3 Å². The van der Waals surface area contributed by atoms with Gasteiger partial charge in [0.15, 0.2) is 5.79 Å². The number of ether oxygens (including phenoxy) is 2. The molecule has 0 atom stereocenters. The Balaban J connectivity index is 1.76. The number of aromatic nitrogens is 1. The van der Waals surface area contributed by atoms with E-state index in [4.69, 9.17) is 9.47 Å². The lowest BCUT2D eigenvalue weighted by atomic mass is 10.0. The van der Waals surface area contributed by atoms with Gasteiger partial charge in [-0.05, 0) is 6.07 Å². The maximum absolute atomic E-state index is 11.0. The van der Waals surface area contributed by atoms with E-state index in [0.29, 0.717) is 45.0 Å². The van der Waals surface area contributed by atoms with Crippen LogP contribution in [0.3, 0.4) is 0 Å². The maximum Gasteiger partial charge on any atom is 0.311 e. The highest BCUT2D eigenvalue weighted by Crippen LogP contribution is 2.34. The fourth-order valence-corrected chi connectivity index (χ4v) is 2.62. The molecule has 0 amide bonds.